The van der Waals surface area contributed by atoms with E-state index in [2.05, 4.69) is 5.16 Å². The van der Waals surface area contributed by atoms with Crippen molar-refractivity contribution in [3.8, 4) is 0 Å². The van der Waals surface area contributed by atoms with Crippen molar-refractivity contribution < 1.29 is 14.6 Å². The van der Waals surface area contributed by atoms with Gasteiger partial charge in [0.25, 0.3) is 5.69 Å². The minimum absolute atomic E-state index is 0.00450. The van der Waals surface area contributed by atoms with Gasteiger partial charge in [0.15, 0.2) is 0 Å². The molecular weight excluding hydrogens is 298 g/mol. The van der Waals surface area contributed by atoms with E-state index in [1.807, 2.05) is 13.0 Å². The fraction of sp³-hybridized carbons (Fsp3) is 0.125. The zero-order valence-electron chi connectivity index (χ0n) is 12.4. The van der Waals surface area contributed by atoms with Gasteiger partial charge in [-0.2, -0.15) is 0 Å². The monoisotopic (exact) mass is 313 g/mol. The first-order chi connectivity index (χ1) is 11.0. The van der Waals surface area contributed by atoms with E-state index in [1.54, 1.807) is 30.3 Å². The number of hydrogen-bond acceptors (Lipinski definition) is 5. The zero-order valence-corrected chi connectivity index (χ0v) is 12.4. The number of nitro benzene ring substituents is 1. The van der Waals surface area contributed by atoms with Gasteiger partial charge in [-0.15, -0.1) is 0 Å². The Morgan fingerprint density at radius 2 is 1.96 bits per heavy atom. The third kappa shape index (κ3) is 4.63. The molecule has 2 aromatic rings. The van der Waals surface area contributed by atoms with Crippen LogP contribution < -0.4 is 5.73 Å². The van der Waals surface area contributed by atoms with Crippen molar-refractivity contribution in [1.82, 2.24) is 0 Å². The highest BCUT2D eigenvalue weighted by atomic mass is 16.7. The molecule has 0 bridgehead atoms. The molecule has 0 aliphatic heterocycles. The molecule has 0 spiro atoms. The first-order valence-corrected chi connectivity index (χ1v) is 6.79. The van der Waals surface area contributed by atoms with Crippen molar-refractivity contribution in [1.29, 1.82) is 0 Å². The number of nitrogens with zero attached hydrogens (tertiary/aromatic N) is 2. The normalized spacial score (nSPS) is 11.1. The fourth-order valence-electron chi connectivity index (χ4n) is 1.90. The number of nitrogens with two attached hydrogens (primary N) is 1. The quantitative estimate of drug-likeness (QED) is 0.300. The van der Waals surface area contributed by atoms with Crippen molar-refractivity contribution in [3.05, 3.63) is 75.3 Å². The van der Waals surface area contributed by atoms with Crippen LogP contribution in [0.2, 0.25) is 0 Å². The number of nitro groups is 1. The van der Waals surface area contributed by atoms with E-state index in [1.165, 1.54) is 12.1 Å². The van der Waals surface area contributed by atoms with Gasteiger partial charge in [-0.1, -0.05) is 35.0 Å². The number of rotatable bonds is 5. The molecule has 2 rings (SSSR count). The average molecular weight is 313 g/mol. The van der Waals surface area contributed by atoms with Crippen molar-refractivity contribution in [3.63, 3.8) is 0 Å². The highest BCUT2D eigenvalue weighted by Gasteiger charge is 2.08. The molecule has 0 heterocycles. The van der Waals surface area contributed by atoms with Crippen LogP contribution in [0.4, 0.5) is 5.69 Å². The summed E-state index contributed by atoms with van der Waals surface area (Å²) >= 11 is 0. The smallest absolute Gasteiger partial charge is 0.365 e. The summed E-state index contributed by atoms with van der Waals surface area (Å²) < 4.78 is 0. The van der Waals surface area contributed by atoms with Gasteiger partial charge < -0.3 is 10.6 Å². The van der Waals surface area contributed by atoms with Crippen LogP contribution >= 0.6 is 0 Å². The standard InChI is InChI=1S/C16H15N3O4/c1-11-3-2-4-13(9-11)16(20)23-18-15(17)10-12-5-7-14(8-6-12)19(21)22/h2-9H,10H2,1H3,(H2,17,18). The zero-order chi connectivity index (χ0) is 16.8. The molecule has 7 nitrogen and oxygen atoms in total. The minimum atomic E-state index is -0.597. The van der Waals surface area contributed by atoms with Crippen LogP contribution in [0, 0.1) is 17.0 Å². The largest absolute Gasteiger partial charge is 0.384 e. The first-order valence-electron chi connectivity index (χ1n) is 6.79. The molecule has 23 heavy (non-hydrogen) atoms. The Hall–Kier alpha value is -3.22. The Kier molecular flexibility index (Phi) is 5.03. The Morgan fingerprint density at radius 1 is 1.26 bits per heavy atom. The van der Waals surface area contributed by atoms with Crippen LogP contribution in [0.3, 0.4) is 0 Å². The highest BCUT2D eigenvalue weighted by molar-refractivity contribution is 5.90. The molecule has 0 radical (unpaired) electrons. The second-order valence-electron chi connectivity index (χ2n) is 4.93. The Balaban J connectivity index is 1.97. The van der Waals surface area contributed by atoms with E-state index in [0.717, 1.165) is 11.1 Å². The molecule has 0 saturated heterocycles. The van der Waals surface area contributed by atoms with Gasteiger partial charge in [0.1, 0.15) is 5.84 Å². The number of carbonyl (C=O) groups excluding carboxylic acids is 1. The maximum atomic E-state index is 11.8. The average Bonchev–Trinajstić information content (AvgIpc) is 2.53. The summed E-state index contributed by atoms with van der Waals surface area (Å²) in [6.07, 6.45) is 0.221. The van der Waals surface area contributed by atoms with Gasteiger partial charge in [-0.25, -0.2) is 4.79 Å². The van der Waals surface area contributed by atoms with Gasteiger partial charge in [-0.3, -0.25) is 10.1 Å². The van der Waals surface area contributed by atoms with Gasteiger partial charge in [0.05, 0.1) is 10.5 Å². The molecule has 2 aromatic carbocycles. The van der Waals surface area contributed by atoms with E-state index < -0.39 is 10.9 Å². The van der Waals surface area contributed by atoms with Crippen LogP contribution in [0.15, 0.2) is 53.7 Å². The van der Waals surface area contributed by atoms with Crippen molar-refractivity contribution >= 4 is 17.5 Å². The third-order valence-electron chi connectivity index (χ3n) is 3.03. The molecular formula is C16H15N3O4. The summed E-state index contributed by atoms with van der Waals surface area (Å²) in [6.45, 7) is 1.86. The number of benzene rings is 2. The van der Waals surface area contributed by atoms with E-state index in [0.29, 0.717) is 5.56 Å². The lowest BCUT2D eigenvalue weighted by molar-refractivity contribution is -0.384. The number of oxime groups is 1. The molecule has 7 heteroatoms. The second-order valence-corrected chi connectivity index (χ2v) is 4.93. The predicted octanol–water partition coefficient (Wildman–Crippen LogP) is 2.57. The molecule has 0 saturated carbocycles. The maximum absolute atomic E-state index is 11.8. The Labute approximate surface area is 132 Å². The lowest BCUT2D eigenvalue weighted by Crippen LogP contribution is -2.16. The van der Waals surface area contributed by atoms with Crippen molar-refractivity contribution in [2.75, 3.05) is 0 Å². The number of hydrogen-bond donors (Lipinski definition) is 1. The van der Waals surface area contributed by atoms with Crippen LogP contribution in [0.1, 0.15) is 21.5 Å². The van der Waals surface area contributed by atoms with Gasteiger partial charge in [0, 0.05) is 18.6 Å². The molecule has 0 fully saturated rings. The Morgan fingerprint density at radius 3 is 2.57 bits per heavy atom. The van der Waals surface area contributed by atoms with Crippen LogP contribution in [0.5, 0.6) is 0 Å². The fourth-order valence-corrected chi connectivity index (χ4v) is 1.90. The predicted molar refractivity (Wildman–Crippen MR) is 85.0 cm³/mol. The summed E-state index contributed by atoms with van der Waals surface area (Å²) in [5.74, 6) is -0.500. The lowest BCUT2D eigenvalue weighted by Gasteiger charge is -2.02. The maximum Gasteiger partial charge on any atom is 0.365 e. The summed E-state index contributed by atoms with van der Waals surface area (Å²) in [5.41, 5.74) is 7.74. The van der Waals surface area contributed by atoms with Gasteiger partial charge in [-0.05, 0) is 24.6 Å². The number of amidine groups is 1. The Bertz CT molecular complexity index is 754. The number of carbonyl (C=O) groups is 1. The molecule has 0 aliphatic carbocycles. The molecule has 2 N–H and O–H groups in total. The lowest BCUT2D eigenvalue weighted by atomic mass is 10.1. The summed E-state index contributed by atoms with van der Waals surface area (Å²) in [7, 11) is 0. The third-order valence-corrected chi connectivity index (χ3v) is 3.03. The van der Waals surface area contributed by atoms with Gasteiger partial charge in [0.2, 0.25) is 0 Å². The van der Waals surface area contributed by atoms with Crippen LogP contribution in [0.25, 0.3) is 0 Å². The van der Waals surface area contributed by atoms with E-state index >= 15 is 0 Å². The van der Waals surface area contributed by atoms with E-state index in [9.17, 15) is 14.9 Å². The van der Waals surface area contributed by atoms with E-state index in [-0.39, 0.29) is 17.9 Å². The number of non-ortho nitro benzene ring substituents is 1. The SMILES string of the molecule is Cc1cccc(C(=O)O/N=C(/N)Cc2ccc([N+](=O)[O-])cc2)c1. The summed E-state index contributed by atoms with van der Waals surface area (Å²) in [5, 5.41) is 14.2. The highest BCUT2D eigenvalue weighted by Crippen LogP contribution is 2.12. The van der Waals surface area contributed by atoms with E-state index in [4.69, 9.17) is 10.6 Å². The summed E-state index contributed by atoms with van der Waals surface area (Å²) in [4.78, 5) is 26.7. The molecule has 0 unspecified atom stereocenters. The molecule has 0 aliphatic rings. The van der Waals surface area contributed by atoms with Crippen molar-refractivity contribution in [2.24, 2.45) is 10.9 Å². The number of aryl methyl sites for hydroxylation is 1. The molecule has 0 aromatic heterocycles. The topological polar surface area (TPSA) is 108 Å². The van der Waals surface area contributed by atoms with Crippen LogP contribution in [-0.4, -0.2) is 16.7 Å². The molecule has 0 amide bonds. The van der Waals surface area contributed by atoms with Crippen LogP contribution in [-0.2, 0) is 11.3 Å². The van der Waals surface area contributed by atoms with Gasteiger partial charge >= 0.3 is 5.97 Å². The second kappa shape index (κ2) is 7.17. The van der Waals surface area contributed by atoms with Crippen molar-refractivity contribution in [2.45, 2.75) is 13.3 Å². The first kappa shape index (κ1) is 16.2. The summed E-state index contributed by atoms with van der Waals surface area (Å²) in [6, 6.07) is 12.8. The minimum Gasteiger partial charge on any atom is -0.384 e. The molecule has 0 atom stereocenters. The molecule has 118 valence electrons.